The summed E-state index contributed by atoms with van der Waals surface area (Å²) < 4.78 is 17.6. The number of hydrogen-bond donors (Lipinski definition) is 0. The fraction of sp³-hybridized carbons (Fsp3) is 0.321. The monoisotopic (exact) mass is 546 g/mol. The number of fused-ring (bicyclic) bond motifs is 2. The molecular weight excluding hydrogens is 520 g/mol. The maximum absolute atomic E-state index is 13.1. The molecule has 0 spiro atoms. The second-order valence-electron chi connectivity index (χ2n) is 9.87. The second kappa shape index (κ2) is 10.5. The predicted octanol–water partition coefficient (Wildman–Crippen LogP) is 3.92. The van der Waals surface area contributed by atoms with Crippen LogP contribution < -0.4 is 14.4 Å². The van der Waals surface area contributed by atoms with Crippen LogP contribution in [-0.2, 0) is 11.2 Å². The van der Waals surface area contributed by atoms with E-state index in [9.17, 15) is 25.0 Å². The molecule has 12 nitrogen and oxygen atoms in total. The van der Waals surface area contributed by atoms with Crippen LogP contribution in [0.15, 0.2) is 60.7 Å². The van der Waals surface area contributed by atoms with Crippen molar-refractivity contribution in [2.75, 3.05) is 44.3 Å². The molecule has 2 heterocycles. The summed E-state index contributed by atoms with van der Waals surface area (Å²) in [5.41, 5.74) is 2.44. The molecule has 1 saturated heterocycles. The van der Waals surface area contributed by atoms with Crippen LogP contribution in [0.1, 0.15) is 27.6 Å². The van der Waals surface area contributed by atoms with Crippen molar-refractivity contribution in [2.24, 2.45) is 0 Å². The molecule has 12 heteroatoms. The number of nitro benzene ring substituents is 2. The molecule has 0 aromatic heterocycles. The van der Waals surface area contributed by atoms with Crippen molar-refractivity contribution in [3.05, 3.63) is 97.6 Å². The first-order valence-corrected chi connectivity index (χ1v) is 13.0. The molecule has 0 amide bonds. The summed E-state index contributed by atoms with van der Waals surface area (Å²) in [5, 5.41) is 22.5. The highest BCUT2D eigenvalue weighted by molar-refractivity contribution is 5.90. The lowest BCUT2D eigenvalue weighted by Gasteiger charge is -2.41. The second-order valence-corrected chi connectivity index (χ2v) is 9.87. The number of carbonyl (C=O) groups excluding carboxylic acids is 1. The third-order valence-electron chi connectivity index (χ3n) is 7.64. The van der Waals surface area contributed by atoms with Gasteiger partial charge in [0.25, 0.3) is 11.4 Å². The normalized spacial score (nSPS) is 20.1. The van der Waals surface area contributed by atoms with Gasteiger partial charge in [0.15, 0.2) is 11.5 Å². The van der Waals surface area contributed by atoms with E-state index < -0.39 is 21.9 Å². The first-order chi connectivity index (χ1) is 19.4. The van der Waals surface area contributed by atoms with E-state index >= 15 is 0 Å². The van der Waals surface area contributed by atoms with E-state index in [4.69, 9.17) is 14.2 Å². The average Bonchev–Trinajstić information content (AvgIpc) is 3.34. The van der Waals surface area contributed by atoms with Gasteiger partial charge in [0.2, 0.25) is 0 Å². The lowest BCUT2D eigenvalue weighted by molar-refractivity contribution is -0.385. The highest BCUT2D eigenvalue weighted by atomic mass is 16.6. The SMILES string of the molecule is O=C(O[C@@H]1c2cc([N+](=O)[O-])ccc2C[C@H]1N1CCN(c2cccc3c2OCCO3)CC1)c1ccc([N+](=O)[O-])cc1. The minimum Gasteiger partial charge on any atom is -0.486 e. The zero-order valence-corrected chi connectivity index (χ0v) is 21.4. The van der Waals surface area contributed by atoms with Crippen molar-refractivity contribution in [3.63, 3.8) is 0 Å². The number of piperazine rings is 1. The zero-order valence-electron chi connectivity index (χ0n) is 21.4. The van der Waals surface area contributed by atoms with Crippen LogP contribution in [0.2, 0.25) is 0 Å². The molecule has 2 atom stereocenters. The molecule has 0 bridgehead atoms. The Labute approximate surface area is 229 Å². The molecular formula is C28H26N4O8. The van der Waals surface area contributed by atoms with Crippen molar-refractivity contribution in [2.45, 2.75) is 18.6 Å². The number of esters is 1. The lowest BCUT2D eigenvalue weighted by atomic mass is 10.1. The van der Waals surface area contributed by atoms with Gasteiger partial charge < -0.3 is 19.1 Å². The predicted molar refractivity (Wildman–Crippen MR) is 143 cm³/mol. The number of para-hydroxylation sites is 1. The zero-order chi connectivity index (χ0) is 27.8. The minimum atomic E-state index is -0.731. The molecule has 3 aromatic rings. The number of nitrogens with zero attached hydrogens (tertiary/aromatic N) is 4. The highest BCUT2D eigenvalue weighted by Crippen LogP contribution is 2.42. The van der Waals surface area contributed by atoms with E-state index in [1.54, 1.807) is 6.07 Å². The molecule has 0 saturated carbocycles. The van der Waals surface area contributed by atoms with E-state index in [2.05, 4.69) is 9.80 Å². The fourth-order valence-corrected chi connectivity index (χ4v) is 5.65. The van der Waals surface area contributed by atoms with Crippen molar-refractivity contribution in [1.82, 2.24) is 4.90 Å². The Balaban J connectivity index is 1.23. The van der Waals surface area contributed by atoms with Crippen molar-refractivity contribution >= 4 is 23.0 Å². The Kier molecular flexibility index (Phi) is 6.68. The summed E-state index contributed by atoms with van der Waals surface area (Å²) in [7, 11) is 0. The van der Waals surface area contributed by atoms with Gasteiger partial charge in [-0.3, -0.25) is 25.1 Å². The van der Waals surface area contributed by atoms with Crippen molar-refractivity contribution in [3.8, 4) is 11.5 Å². The van der Waals surface area contributed by atoms with Gasteiger partial charge in [0, 0.05) is 56.0 Å². The van der Waals surface area contributed by atoms with Gasteiger partial charge in [-0.25, -0.2) is 4.79 Å². The van der Waals surface area contributed by atoms with Crippen LogP contribution in [-0.4, -0.2) is 66.2 Å². The number of carbonyl (C=O) groups is 1. The van der Waals surface area contributed by atoms with Crippen LogP contribution in [0.3, 0.4) is 0 Å². The molecule has 3 aromatic carbocycles. The van der Waals surface area contributed by atoms with Crippen LogP contribution >= 0.6 is 0 Å². The number of anilines is 1. The van der Waals surface area contributed by atoms with Gasteiger partial charge in [-0.1, -0.05) is 12.1 Å². The van der Waals surface area contributed by atoms with E-state index in [0.717, 1.165) is 22.7 Å². The molecule has 6 rings (SSSR count). The molecule has 0 unspecified atom stereocenters. The Morgan fingerprint density at radius 3 is 2.30 bits per heavy atom. The van der Waals surface area contributed by atoms with Crippen LogP contribution in [0.4, 0.5) is 17.1 Å². The van der Waals surface area contributed by atoms with E-state index in [1.165, 1.54) is 36.4 Å². The van der Waals surface area contributed by atoms with Crippen molar-refractivity contribution < 1.29 is 28.9 Å². The van der Waals surface area contributed by atoms with E-state index in [0.29, 0.717) is 51.4 Å². The van der Waals surface area contributed by atoms with Gasteiger partial charge in [-0.15, -0.1) is 0 Å². The summed E-state index contributed by atoms with van der Waals surface area (Å²) >= 11 is 0. The Morgan fingerprint density at radius 1 is 0.875 bits per heavy atom. The van der Waals surface area contributed by atoms with Crippen LogP contribution in [0.25, 0.3) is 0 Å². The first-order valence-electron chi connectivity index (χ1n) is 13.0. The molecule has 0 N–H and O–H groups in total. The quantitative estimate of drug-likeness (QED) is 0.254. The summed E-state index contributed by atoms with van der Waals surface area (Å²) in [4.78, 5) is 39.1. The van der Waals surface area contributed by atoms with Gasteiger partial charge in [-0.2, -0.15) is 0 Å². The number of ether oxygens (including phenoxy) is 3. The standard InChI is InChI=1S/C28H26N4O8/c33-28(18-4-7-20(8-5-18)31(34)35)40-26-22-17-21(32(36)37)9-6-19(22)16-24(26)30-12-10-29(11-13-30)23-2-1-3-25-27(23)39-15-14-38-25/h1-9,17,24,26H,10-16H2/t24-,26-/m1/s1. The van der Waals surface area contributed by atoms with Crippen LogP contribution in [0.5, 0.6) is 11.5 Å². The minimum absolute atomic E-state index is 0.0725. The van der Waals surface area contributed by atoms with Crippen molar-refractivity contribution in [1.29, 1.82) is 0 Å². The maximum Gasteiger partial charge on any atom is 0.338 e. The Bertz CT molecular complexity index is 1470. The summed E-state index contributed by atoms with van der Waals surface area (Å²) in [6, 6.07) is 15.5. The third kappa shape index (κ3) is 4.77. The number of non-ortho nitro benzene ring substituents is 2. The highest BCUT2D eigenvalue weighted by Gasteiger charge is 2.41. The maximum atomic E-state index is 13.1. The molecule has 2 aliphatic heterocycles. The van der Waals surface area contributed by atoms with Gasteiger partial charge in [-0.05, 0) is 36.2 Å². The van der Waals surface area contributed by atoms with Gasteiger partial charge in [0.05, 0.1) is 27.1 Å². The van der Waals surface area contributed by atoms with E-state index in [1.807, 2.05) is 18.2 Å². The molecule has 3 aliphatic rings. The summed E-state index contributed by atoms with van der Waals surface area (Å²) in [6.45, 7) is 3.78. The van der Waals surface area contributed by atoms with Gasteiger partial charge in [0.1, 0.15) is 19.3 Å². The molecule has 0 radical (unpaired) electrons. The molecule has 40 heavy (non-hydrogen) atoms. The first kappa shape index (κ1) is 25.6. The fourth-order valence-electron chi connectivity index (χ4n) is 5.65. The lowest BCUT2D eigenvalue weighted by Crippen LogP contribution is -2.52. The average molecular weight is 547 g/mol. The smallest absolute Gasteiger partial charge is 0.338 e. The Hall–Kier alpha value is -4.71. The summed E-state index contributed by atoms with van der Waals surface area (Å²) in [6.07, 6.45) is -0.159. The molecule has 206 valence electrons. The number of benzene rings is 3. The summed E-state index contributed by atoms with van der Waals surface area (Å²) in [5.74, 6) is 0.839. The molecule has 1 aliphatic carbocycles. The van der Waals surface area contributed by atoms with E-state index in [-0.39, 0.29) is 23.0 Å². The third-order valence-corrected chi connectivity index (χ3v) is 7.64. The topological polar surface area (TPSA) is 138 Å². The van der Waals surface area contributed by atoms with Gasteiger partial charge >= 0.3 is 5.97 Å². The number of nitro groups is 2. The Morgan fingerprint density at radius 2 is 1.57 bits per heavy atom. The van der Waals surface area contributed by atoms with Crippen LogP contribution in [0, 0.1) is 20.2 Å². The largest absolute Gasteiger partial charge is 0.486 e. The number of hydrogen-bond acceptors (Lipinski definition) is 10. The molecule has 1 fully saturated rings. The number of rotatable bonds is 6.